The van der Waals surface area contributed by atoms with Gasteiger partial charge in [0.05, 0.1) is 24.2 Å². The van der Waals surface area contributed by atoms with Crippen LogP contribution in [-0.2, 0) is 9.59 Å². The summed E-state index contributed by atoms with van der Waals surface area (Å²) >= 11 is 0. The monoisotopic (exact) mass is 464 g/mol. The summed E-state index contributed by atoms with van der Waals surface area (Å²) in [5.41, 5.74) is 7.84. The van der Waals surface area contributed by atoms with Crippen LogP contribution in [-0.4, -0.2) is 94.7 Å². The number of carbonyl (C=O) groups is 3. The molecule has 2 N–H and O–H groups in total. The van der Waals surface area contributed by atoms with Gasteiger partial charge in [-0.25, -0.2) is 0 Å². The van der Waals surface area contributed by atoms with Crippen LogP contribution in [0.4, 0.5) is 0 Å². The zero-order chi connectivity index (χ0) is 24.3. The second-order valence-corrected chi connectivity index (χ2v) is 10.4. The number of nitrogens with zero attached hydrogens (tertiary/aromatic N) is 5. The average molecular weight is 465 g/mol. The molecule has 0 spiro atoms. The Bertz CT molecular complexity index is 1070. The predicted octanol–water partition coefficient (Wildman–Crippen LogP) is 0.575. The topological polar surface area (TPSA) is 114 Å². The van der Waals surface area contributed by atoms with E-state index >= 15 is 0 Å². The van der Waals surface area contributed by atoms with Crippen LogP contribution in [0.3, 0.4) is 0 Å². The van der Waals surface area contributed by atoms with Crippen molar-refractivity contribution >= 4 is 17.7 Å². The van der Waals surface area contributed by atoms with Crippen molar-refractivity contribution in [2.75, 3.05) is 27.2 Å². The maximum absolute atomic E-state index is 13.3. The molecule has 2 bridgehead atoms. The Morgan fingerprint density at radius 1 is 1.26 bits per heavy atom. The minimum absolute atomic E-state index is 0.0473. The van der Waals surface area contributed by atoms with Crippen molar-refractivity contribution in [1.29, 1.82) is 5.26 Å². The Labute approximate surface area is 200 Å². The van der Waals surface area contributed by atoms with Gasteiger partial charge >= 0.3 is 0 Å². The maximum Gasteiger partial charge on any atom is 0.253 e. The molecule has 9 nitrogen and oxygen atoms in total. The van der Waals surface area contributed by atoms with Gasteiger partial charge in [-0.3, -0.25) is 19.3 Å². The SMILES string of the molecule is C[C@@H](c1cccc(C(=O)N(C)C)c1)N1C(=O)[C@@H]2C[C@H]1CN2C[C@H](N)C(=O)N1[C@H](C#N)CC2C[C@@H]21. The molecule has 4 fully saturated rings. The number of hydrogen-bond donors (Lipinski definition) is 1. The van der Waals surface area contributed by atoms with Crippen molar-refractivity contribution < 1.29 is 14.4 Å². The highest BCUT2D eigenvalue weighted by atomic mass is 16.2. The molecule has 1 unspecified atom stereocenters. The number of piperidine rings is 1. The van der Waals surface area contributed by atoms with Crippen LogP contribution >= 0.6 is 0 Å². The van der Waals surface area contributed by atoms with Crippen LogP contribution < -0.4 is 5.73 Å². The van der Waals surface area contributed by atoms with Crippen molar-refractivity contribution in [3.63, 3.8) is 0 Å². The van der Waals surface area contributed by atoms with E-state index in [1.54, 1.807) is 30.0 Å². The summed E-state index contributed by atoms with van der Waals surface area (Å²) in [5.74, 6) is 0.263. The number of benzene rings is 1. The van der Waals surface area contributed by atoms with Crippen molar-refractivity contribution in [1.82, 2.24) is 19.6 Å². The average Bonchev–Trinajstić information content (AvgIpc) is 3.15. The first-order valence-electron chi connectivity index (χ1n) is 12.1. The van der Waals surface area contributed by atoms with Crippen LogP contribution in [0.2, 0.25) is 0 Å². The lowest BCUT2D eigenvalue weighted by Gasteiger charge is -2.38. The number of nitrogens with two attached hydrogens (primary N) is 1. The van der Waals surface area contributed by atoms with E-state index in [1.807, 2.05) is 34.9 Å². The molecule has 180 valence electrons. The molecular formula is C25H32N6O3. The first-order chi connectivity index (χ1) is 16.2. The number of piperazine rings is 1. The molecule has 4 aliphatic rings. The van der Waals surface area contributed by atoms with Gasteiger partial charge in [-0.1, -0.05) is 12.1 Å². The Balaban J connectivity index is 1.24. The molecule has 7 atom stereocenters. The van der Waals surface area contributed by atoms with Gasteiger partial charge in [-0.15, -0.1) is 0 Å². The Kier molecular flexibility index (Phi) is 5.61. The summed E-state index contributed by atoms with van der Waals surface area (Å²) in [7, 11) is 3.44. The van der Waals surface area contributed by atoms with Gasteiger partial charge in [0.25, 0.3) is 5.91 Å². The number of amides is 3. The first kappa shape index (κ1) is 22.8. The third kappa shape index (κ3) is 3.65. The van der Waals surface area contributed by atoms with Crippen LogP contribution in [0, 0.1) is 17.2 Å². The zero-order valence-corrected chi connectivity index (χ0v) is 19.9. The molecule has 3 amide bonds. The van der Waals surface area contributed by atoms with Gasteiger partial charge in [0, 0.05) is 44.8 Å². The fourth-order valence-electron chi connectivity index (χ4n) is 6.16. The second kappa shape index (κ2) is 8.36. The van der Waals surface area contributed by atoms with Gasteiger partial charge in [0.15, 0.2) is 0 Å². The summed E-state index contributed by atoms with van der Waals surface area (Å²) in [4.78, 5) is 45.9. The molecule has 1 aromatic carbocycles. The lowest BCUT2D eigenvalue weighted by Crippen LogP contribution is -2.57. The lowest BCUT2D eigenvalue weighted by atomic mass is 10.0. The zero-order valence-electron chi connectivity index (χ0n) is 19.9. The molecule has 1 saturated carbocycles. The van der Waals surface area contributed by atoms with Gasteiger partial charge in [-0.2, -0.15) is 5.26 Å². The molecule has 0 radical (unpaired) electrons. The molecule has 3 heterocycles. The number of likely N-dealkylation sites (tertiary alicyclic amines) is 3. The Hall–Kier alpha value is -2.96. The molecule has 1 aliphatic carbocycles. The summed E-state index contributed by atoms with van der Waals surface area (Å²) in [6.45, 7) is 3.00. The summed E-state index contributed by atoms with van der Waals surface area (Å²) in [6, 6.07) is 8.39. The highest BCUT2D eigenvalue weighted by Crippen LogP contribution is 2.48. The predicted molar refractivity (Wildman–Crippen MR) is 124 cm³/mol. The first-order valence-corrected chi connectivity index (χ1v) is 12.1. The largest absolute Gasteiger partial charge is 0.345 e. The number of carbonyl (C=O) groups excluding carboxylic acids is 3. The molecule has 9 heteroatoms. The molecular weight excluding hydrogens is 432 g/mol. The highest BCUT2D eigenvalue weighted by molar-refractivity contribution is 5.94. The minimum Gasteiger partial charge on any atom is -0.345 e. The fourth-order valence-corrected chi connectivity index (χ4v) is 6.16. The molecule has 3 saturated heterocycles. The van der Waals surface area contributed by atoms with Crippen LogP contribution in [0.25, 0.3) is 0 Å². The van der Waals surface area contributed by atoms with E-state index in [-0.39, 0.29) is 47.9 Å². The van der Waals surface area contributed by atoms with Crippen molar-refractivity contribution in [3.05, 3.63) is 35.4 Å². The molecule has 3 aliphatic heterocycles. The highest BCUT2D eigenvalue weighted by Gasteiger charge is 2.56. The minimum atomic E-state index is -0.734. The maximum atomic E-state index is 13.3. The number of hydrogen-bond acceptors (Lipinski definition) is 6. The third-order valence-corrected chi connectivity index (χ3v) is 8.01. The van der Waals surface area contributed by atoms with Crippen LogP contribution in [0.5, 0.6) is 0 Å². The van der Waals surface area contributed by atoms with E-state index in [1.165, 1.54) is 0 Å². The lowest BCUT2D eigenvalue weighted by molar-refractivity contribution is -0.141. The van der Waals surface area contributed by atoms with Gasteiger partial charge in [0.2, 0.25) is 11.8 Å². The summed E-state index contributed by atoms with van der Waals surface area (Å²) in [5, 5.41) is 9.39. The number of nitriles is 1. The quantitative estimate of drug-likeness (QED) is 0.659. The summed E-state index contributed by atoms with van der Waals surface area (Å²) in [6.07, 6.45) is 2.44. The van der Waals surface area contributed by atoms with Crippen molar-refractivity contribution in [2.24, 2.45) is 11.7 Å². The van der Waals surface area contributed by atoms with E-state index in [0.717, 1.165) is 24.8 Å². The number of fused-ring (bicyclic) bond motifs is 3. The fraction of sp³-hybridized carbons (Fsp3) is 0.600. The smallest absolute Gasteiger partial charge is 0.253 e. The molecule has 34 heavy (non-hydrogen) atoms. The van der Waals surface area contributed by atoms with E-state index < -0.39 is 6.04 Å². The van der Waals surface area contributed by atoms with E-state index in [9.17, 15) is 19.6 Å². The van der Waals surface area contributed by atoms with E-state index in [2.05, 4.69) is 6.07 Å². The Morgan fingerprint density at radius 3 is 2.71 bits per heavy atom. The van der Waals surface area contributed by atoms with Crippen LogP contribution in [0.1, 0.15) is 48.1 Å². The van der Waals surface area contributed by atoms with Crippen LogP contribution in [0.15, 0.2) is 24.3 Å². The summed E-state index contributed by atoms with van der Waals surface area (Å²) < 4.78 is 0. The third-order valence-electron chi connectivity index (χ3n) is 8.01. The van der Waals surface area contributed by atoms with Gasteiger partial charge < -0.3 is 20.4 Å². The van der Waals surface area contributed by atoms with Crippen molar-refractivity contribution in [3.8, 4) is 6.07 Å². The van der Waals surface area contributed by atoms with E-state index in [0.29, 0.717) is 24.6 Å². The van der Waals surface area contributed by atoms with Crippen molar-refractivity contribution in [2.45, 2.75) is 62.4 Å². The Morgan fingerprint density at radius 2 is 2.03 bits per heavy atom. The second-order valence-electron chi connectivity index (χ2n) is 10.4. The normalized spacial score (nSPS) is 31.3. The number of rotatable bonds is 6. The molecule has 1 aromatic rings. The molecule has 0 aromatic heterocycles. The molecule has 5 rings (SSSR count). The van der Waals surface area contributed by atoms with Gasteiger partial charge in [0.1, 0.15) is 6.04 Å². The van der Waals surface area contributed by atoms with Gasteiger partial charge in [-0.05, 0) is 49.8 Å². The standard InChI is InChI=1S/C25H32N6O3/c1-14(15-5-4-6-16(7-15)23(32)28(2)3)30-19-10-22(25(30)34)29(12-19)13-20(27)24(33)31-18(11-26)8-17-9-21(17)31/h4-7,14,17-22H,8-10,12-13,27H2,1-3H3/t14-,17?,18-,19-,20-,21-,22-/m0/s1. The van der Waals surface area contributed by atoms with E-state index in [4.69, 9.17) is 5.73 Å².